The van der Waals surface area contributed by atoms with Crippen LogP contribution in [0.3, 0.4) is 0 Å². The Labute approximate surface area is 78.8 Å². The van der Waals surface area contributed by atoms with E-state index in [-0.39, 0.29) is 0 Å². The first-order valence-electron chi connectivity index (χ1n) is 4.57. The van der Waals surface area contributed by atoms with Crippen molar-refractivity contribution >= 4 is 0 Å². The maximum Gasteiger partial charge on any atom is 0.133 e. The number of nitrogens with one attached hydrogen (secondary N) is 1. The highest BCUT2D eigenvalue weighted by Crippen LogP contribution is 2.14. The molecule has 1 unspecified atom stereocenters. The number of aryl methyl sites for hydroxylation is 1. The van der Waals surface area contributed by atoms with Gasteiger partial charge in [0.25, 0.3) is 0 Å². The van der Waals surface area contributed by atoms with Gasteiger partial charge in [-0.3, -0.25) is 0 Å². The van der Waals surface area contributed by atoms with E-state index in [9.17, 15) is 5.11 Å². The topological polar surface area (TPSA) is 45.4 Å². The third-order valence-corrected chi connectivity index (χ3v) is 1.81. The van der Waals surface area contributed by atoms with Gasteiger partial charge in [0.1, 0.15) is 17.6 Å². The van der Waals surface area contributed by atoms with Crippen molar-refractivity contribution in [1.29, 1.82) is 0 Å². The molecule has 0 saturated carbocycles. The van der Waals surface area contributed by atoms with Crippen LogP contribution in [0.2, 0.25) is 0 Å². The van der Waals surface area contributed by atoms with Crippen LogP contribution >= 0.6 is 0 Å². The fourth-order valence-corrected chi connectivity index (χ4v) is 1.08. The van der Waals surface area contributed by atoms with Gasteiger partial charge in [0.05, 0.1) is 0 Å². The number of hydrogen-bond donors (Lipinski definition) is 2. The highest BCUT2D eigenvalue weighted by atomic mass is 16.4. The maximum absolute atomic E-state index is 9.63. The Morgan fingerprint density at radius 3 is 2.62 bits per heavy atom. The van der Waals surface area contributed by atoms with Gasteiger partial charge in [-0.05, 0) is 19.1 Å². The summed E-state index contributed by atoms with van der Waals surface area (Å²) in [7, 11) is 0. The number of rotatable bonds is 4. The van der Waals surface area contributed by atoms with E-state index < -0.39 is 6.10 Å². The van der Waals surface area contributed by atoms with Crippen molar-refractivity contribution in [3.05, 3.63) is 23.7 Å². The van der Waals surface area contributed by atoms with E-state index in [1.165, 1.54) is 0 Å². The summed E-state index contributed by atoms with van der Waals surface area (Å²) in [4.78, 5) is 0. The van der Waals surface area contributed by atoms with E-state index in [0.29, 0.717) is 18.3 Å². The second-order valence-corrected chi connectivity index (χ2v) is 3.53. The first-order chi connectivity index (χ1) is 6.09. The van der Waals surface area contributed by atoms with Crippen LogP contribution in [0.15, 0.2) is 16.5 Å². The van der Waals surface area contributed by atoms with Crippen molar-refractivity contribution in [3.8, 4) is 0 Å². The third-order valence-electron chi connectivity index (χ3n) is 1.81. The second-order valence-electron chi connectivity index (χ2n) is 3.53. The van der Waals surface area contributed by atoms with Gasteiger partial charge >= 0.3 is 0 Å². The van der Waals surface area contributed by atoms with Crippen molar-refractivity contribution in [2.45, 2.75) is 32.9 Å². The summed E-state index contributed by atoms with van der Waals surface area (Å²) >= 11 is 0. The fourth-order valence-electron chi connectivity index (χ4n) is 1.08. The van der Waals surface area contributed by atoms with Crippen molar-refractivity contribution in [3.63, 3.8) is 0 Å². The van der Waals surface area contributed by atoms with Crippen LogP contribution in [0.1, 0.15) is 31.5 Å². The van der Waals surface area contributed by atoms with Gasteiger partial charge in [0.2, 0.25) is 0 Å². The lowest BCUT2D eigenvalue weighted by Crippen LogP contribution is -2.27. The molecule has 0 radical (unpaired) electrons. The summed E-state index contributed by atoms with van der Waals surface area (Å²) in [6, 6.07) is 4.04. The van der Waals surface area contributed by atoms with Crippen LogP contribution in [0.5, 0.6) is 0 Å². The molecule has 0 aliphatic carbocycles. The zero-order chi connectivity index (χ0) is 9.84. The molecule has 1 atom stereocenters. The first kappa shape index (κ1) is 10.3. The standard InChI is InChI=1S/C10H17NO2/c1-7(2)11-6-9(12)10-5-4-8(3)13-10/h4-5,7,9,11-12H,6H2,1-3H3. The van der Waals surface area contributed by atoms with Crippen molar-refractivity contribution in [1.82, 2.24) is 5.32 Å². The summed E-state index contributed by atoms with van der Waals surface area (Å²) in [5.74, 6) is 1.46. The zero-order valence-electron chi connectivity index (χ0n) is 8.37. The van der Waals surface area contributed by atoms with Crippen LogP contribution < -0.4 is 5.32 Å². The SMILES string of the molecule is Cc1ccc(C(O)CNC(C)C)o1. The van der Waals surface area contributed by atoms with Crippen LogP contribution in [0, 0.1) is 6.92 Å². The lowest BCUT2D eigenvalue weighted by Gasteiger charge is -2.11. The van der Waals surface area contributed by atoms with E-state index in [2.05, 4.69) is 5.32 Å². The number of aliphatic hydroxyl groups excluding tert-OH is 1. The summed E-state index contributed by atoms with van der Waals surface area (Å²) in [6.45, 7) is 6.48. The van der Waals surface area contributed by atoms with Crippen LogP contribution in [0.4, 0.5) is 0 Å². The third kappa shape index (κ3) is 3.20. The molecule has 13 heavy (non-hydrogen) atoms. The number of furan rings is 1. The Balaban J connectivity index is 2.44. The van der Waals surface area contributed by atoms with E-state index in [1.807, 2.05) is 32.9 Å². The minimum atomic E-state index is -0.545. The molecule has 3 nitrogen and oxygen atoms in total. The van der Waals surface area contributed by atoms with Crippen LogP contribution in [0.25, 0.3) is 0 Å². The molecule has 0 bridgehead atoms. The van der Waals surface area contributed by atoms with E-state index in [0.717, 1.165) is 5.76 Å². The summed E-state index contributed by atoms with van der Waals surface area (Å²) in [5.41, 5.74) is 0. The van der Waals surface area contributed by atoms with Gasteiger partial charge in [-0.15, -0.1) is 0 Å². The highest BCUT2D eigenvalue weighted by Gasteiger charge is 2.10. The lowest BCUT2D eigenvalue weighted by atomic mass is 10.2. The predicted molar refractivity (Wildman–Crippen MR) is 51.5 cm³/mol. The molecule has 0 amide bonds. The smallest absolute Gasteiger partial charge is 0.133 e. The summed E-state index contributed by atoms with van der Waals surface area (Å²) in [5, 5.41) is 12.8. The molecule has 1 heterocycles. The molecule has 2 N–H and O–H groups in total. The Morgan fingerprint density at radius 2 is 2.15 bits per heavy atom. The Hall–Kier alpha value is -0.800. The normalized spacial score (nSPS) is 13.6. The monoisotopic (exact) mass is 183 g/mol. The van der Waals surface area contributed by atoms with Crippen LogP contribution in [-0.4, -0.2) is 17.7 Å². The van der Waals surface area contributed by atoms with Crippen molar-refractivity contribution < 1.29 is 9.52 Å². The molecule has 74 valence electrons. The van der Waals surface area contributed by atoms with Gasteiger partial charge in [0.15, 0.2) is 0 Å². The van der Waals surface area contributed by atoms with Gasteiger partial charge in [0, 0.05) is 12.6 Å². The molecule has 0 aliphatic rings. The molecule has 0 spiro atoms. The molecule has 1 aromatic rings. The fraction of sp³-hybridized carbons (Fsp3) is 0.600. The molecule has 0 fully saturated rings. The molecule has 1 rings (SSSR count). The molecule has 0 saturated heterocycles. The number of hydrogen-bond acceptors (Lipinski definition) is 3. The first-order valence-corrected chi connectivity index (χ1v) is 4.57. The average Bonchev–Trinajstić information content (AvgIpc) is 2.47. The second kappa shape index (κ2) is 4.44. The highest BCUT2D eigenvalue weighted by molar-refractivity contribution is 5.08. The van der Waals surface area contributed by atoms with Gasteiger partial charge in [-0.1, -0.05) is 13.8 Å². The summed E-state index contributed by atoms with van der Waals surface area (Å²) < 4.78 is 5.29. The zero-order valence-corrected chi connectivity index (χ0v) is 8.37. The largest absolute Gasteiger partial charge is 0.464 e. The molecular formula is C10H17NO2. The minimum absolute atomic E-state index is 0.380. The maximum atomic E-state index is 9.63. The average molecular weight is 183 g/mol. The lowest BCUT2D eigenvalue weighted by molar-refractivity contribution is 0.143. The Kier molecular flexibility index (Phi) is 3.51. The molecule has 0 aliphatic heterocycles. The number of aliphatic hydroxyl groups is 1. The quantitative estimate of drug-likeness (QED) is 0.745. The van der Waals surface area contributed by atoms with Crippen molar-refractivity contribution in [2.75, 3.05) is 6.54 Å². The Morgan fingerprint density at radius 1 is 1.46 bits per heavy atom. The minimum Gasteiger partial charge on any atom is -0.464 e. The van der Waals surface area contributed by atoms with Gasteiger partial charge in [-0.25, -0.2) is 0 Å². The Bertz CT molecular complexity index is 255. The molecule has 3 heteroatoms. The van der Waals surface area contributed by atoms with Crippen LogP contribution in [-0.2, 0) is 0 Å². The van der Waals surface area contributed by atoms with Gasteiger partial charge < -0.3 is 14.8 Å². The predicted octanol–water partition coefficient (Wildman–Crippen LogP) is 1.62. The summed E-state index contributed by atoms with van der Waals surface area (Å²) in [6.07, 6.45) is -0.545. The molecule has 0 aromatic carbocycles. The van der Waals surface area contributed by atoms with Crippen molar-refractivity contribution in [2.24, 2.45) is 0 Å². The van der Waals surface area contributed by atoms with Gasteiger partial charge in [-0.2, -0.15) is 0 Å². The molecular weight excluding hydrogens is 166 g/mol. The molecule has 1 aromatic heterocycles. The van der Waals surface area contributed by atoms with E-state index >= 15 is 0 Å². The van der Waals surface area contributed by atoms with E-state index in [4.69, 9.17) is 4.42 Å². The van der Waals surface area contributed by atoms with E-state index in [1.54, 1.807) is 0 Å².